The first kappa shape index (κ1) is 11.4. The summed E-state index contributed by atoms with van der Waals surface area (Å²) in [5.74, 6) is 0. The average Bonchev–Trinajstić information content (AvgIpc) is 2.54. The zero-order chi connectivity index (χ0) is 11.4. The van der Waals surface area contributed by atoms with Gasteiger partial charge in [-0.1, -0.05) is 18.2 Å². The molecule has 0 radical (unpaired) electrons. The van der Waals surface area contributed by atoms with Gasteiger partial charge in [0.25, 0.3) is 0 Å². The summed E-state index contributed by atoms with van der Waals surface area (Å²) >= 11 is 0. The van der Waals surface area contributed by atoms with Crippen LogP contribution in [0, 0.1) is 0 Å². The molecule has 3 nitrogen and oxygen atoms in total. The van der Waals surface area contributed by atoms with E-state index < -0.39 is 0 Å². The highest BCUT2D eigenvalue weighted by Gasteiger charge is 2.16. The van der Waals surface area contributed by atoms with Gasteiger partial charge in [-0.05, 0) is 25.0 Å². The molecule has 3 heteroatoms. The van der Waals surface area contributed by atoms with Crippen LogP contribution in [-0.2, 0) is 11.3 Å². The summed E-state index contributed by atoms with van der Waals surface area (Å²) in [6.07, 6.45) is 1.39. The lowest BCUT2D eigenvalue weighted by Gasteiger charge is -2.26. The topological polar surface area (TPSA) is 38.5 Å². The summed E-state index contributed by atoms with van der Waals surface area (Å²) in [5.41, 5.74) is 8.26. The van der Waals surface area contributed by atoms with E-state index in [4.69, 9.17) is 10.5 Å². The first-order valence-corrected chi connectivity index (χ1v) is 5.96. The van der Waals surface area contributed by atoms with E-state index in [-0.39, 0.29) is 0 Å². The third-order valence-corrected chi connectivity index (χ3v) is 3.00. The van der Waals surface area contributed by atoms with Gasteiger partial charge in [0.2, 0.25) is 0 Å². The third-order valence-electron chi connectivity index (χ3n) is 3.00. The predicted octanol–water partition coefficient (Wildman–Crippen LogP) is 1.76. The van der Waals surface area contributed by atoms with Crippen molar-refractivity contribution in [2.45, 2.75) is 26.0 Å². The van der Waals surface area contributed by atoms with Crippen LogP contribution in [0.4, 0.5) is 5.69 Å². The van der Waals surface area contributed by atoms with Crippen molar-refractivity contribution >= 4 is 5.69 Å². The molecule has 1 fully saturated rings. The Labute approximate surface area is 97.2 Å². The van der Waals surface area contributed by atoms with Crippen molar-refractivity contribution in [2.24, 2.45) is 5.73 Å². The molecule has 1 atom stereocenters. The fourth-order valence-electron chi connectivity index (χ4n) is 2.21. The zero-order valence-electron chi connectivity index (χ0n) is 9.86. The van der Waals surface area contributed by atoms with Crippen LogP contribution >= 0.6 is 0 Å². The molecular weight excluding hydrogens is 200 g/mol. The Morgan fingerprint density at radius 2 is 2.25 bits per heavy atom. The Hall–Kier alpha value is -1.06. The summed E-state index contributed by atoms with van der Waals surface area (Å²) in [4.78, 5) is 2.39. The van der Waals surface area contributed by atoms with Gasteiger partial charge >= 0.3 is 0 Å². The van der Waals surface area contributed by atoms with E-state index in [1.165, 1.54) is 11.3 Å². The van der Waals surface area contributed by atoms with Crippen LogP contribution in [0.5, 0.6) is 0 Å². The Morgan fingerprint density at radius 1 is 1.44 bits per heavy atom. The minimum Gasteiger partial charge on any atom is -0.377 e. The molecule has 2 rings (SSSR count). The number of para-hydroxylation sites is 1. The van der Waals surface area contributed by atoms with E-state index in [9.17, 15) is 0 Å². The van der Waals surface area contributed by atoms with E-state index in [2.05, 4.69) is 30.0 Å². The smallest absolute Gasteiger partial charge is 0.0721 e. The Morgan fingerprint density at radius 3 is 3.06 bits per heavy atom. The lowest BCUT2D eigenvalue weighted by atomic mass is 10.1. The number of nitrogens with zero attached hydrogens (tertiary/aromatic N) is 1. The molecule has 1 unspecified atom stereocenters. The van der Waals surface area contributed by atoms with E-state index in [1.54, 1.807) is 0 Å². The van der Waals surface area contributed by atoms with Crippen LogP contribution in [0.3, 0.4) is 0 Å². The fourth-order valence-corrected chi connectivity index (χ4v) is 2.21. The molecule has 0 aliphatic carbocycles. The van der Waals surface area contributed by atoms with Gasteiger partial charge in [-0.25, -0.2) is 0 Å². The van der Waals surface area contributed by atoms with Gasteiger partial charge in [-0.2, -0.15) is 0 Å². The lowest BCUT2D eigenvalue weighted by molar-refractivity contribution is 0.0821. The molecule has 1 aliphatic heterocycles. The first-order chi connectivity index (χ1) is 7.81. The number of hydrogen-bond donors (Lipinski definition) is 1. The number of rotatable bonds is 2. The van der Waals surface area contributed by atoms with Gasteiger partial charge in [-0.15, -0.1) is 0 Å². The summed E-state index contributed by atoms with van der Waals surface area (Å²) in [6, 6.07) is 8.38. The second-order valence-electron chi connectivity index (χ2n) is 4.31. The van der Waals surface area contributed by atoms with Gasteiger partial charge in [0.1, 0.15) is 0 Å². The van der Waals surface area contributed by atoms with Crippen LogP contribution < -0.4 is 10.6 Å². The van der Waals surface area contributed by atoms with Crippen molar-refractivity contribution in [3.63, 3.8) is 0 Å². The highest BCUT2D eigenvalue weighted by Crippen LogP contribution is 2.22. The quantitative estimate of drug-likeness (QED) is 0.825. The van der Waals surface area contributed by atoms with Crippen LogP contribution in [-0.4, -0.2) is 25.8 Å². The molecule has 2 N–H and O–H groups in total. The van der Waals surface area contributed by atoms with E-state index >= 15 is 0 Å². The minimum absolute atomic E-state index is 0.299. The molecule has 1 aromatic carbocycles. The SMILES string of the molecule is CC1CN(c2ccccc2CN)CCCO1. The Balaban J connectivity index is 2.20. The maximum absolute atomic E-state index is 5.77. The van der Waals surface area contributed by atoms with E-state index in [0.29, 0.717) is 12.6 Å². The van der Waals surface area contributed by atoms with Crippen molar-refractivity contribution in [3.8, 4) is 0 Å². The predicted molar refractivity (Wildman–Crippen MR) is 66.6 cm³/mol. The molecule has 1 saturated heterocycles. The minimum atomic E-state index is 0.299. The highest BCUT2D eigenvalue weighted by atomic mass is 16.5. The summed E-state index contributed by atoms with van der Waals surface area (Å²) < 4.78 is 5.66. The maximum atomic E-state index is 5.77. The summed E-state index contributed by atoms with van der Waals surface area (Å²) in [7, 11) is 0. The molecule has 0 spiro atoms. The average molecular weight is 220 g/mol. The molecule has 1 aliphatic rings. The summed E-state index contributed by atoms with van der Waals surface area (Å²) in [5, 5.41) is 0. The van der Waals surface area contributed by atoms with Gasteiger partial charge in [0.15, 0.2) is 0 Å². The molecule has 0 amide bonds. The molecule has 0 aromatic heterocycles. The molecule has 0 bridgehead atoms. The Bertz CT molecular complexity index is 340. The molecule has 1 aromatic rings. The number of benzene rings is 1. The van der Waals surface area contributed by atoms with Crippen LogP contribution in [0.25, 0.3) is 0 Å². The fraction of sp³-hybridized carbons (Fsp3) is 0.538. The second kappa shape index (κ2) is 5.32. The third kappa shape index (κ3) is 2.54. The maximum Gasteiger partial charge on any atom is 0.0721 e. The molecule has 16 heavy (non-hydrogen) atoms. The number of hydrogen-bond acceptors (Lipinski definition) is 3. The van der Waals surface area contributed by atoms with Crippen molar-refractivity contribution < 1.29 is 4.74 Å². The highest BCUT2D eigenvalue weighted by molar-refractivity contribution is 5.53. The van der Waals surface area contributed by atoms with Crippen molar-refractivity contribution in [1.29, 1.82) is 0 Å². The lowest BCUT2D eigenvalue weighted by Crippen LogP contribution is -2.31. The first-order valence-electron chi connectivity index (χ1n) is 5.96. The largest absolute Gasteiger partial charge is 0.377 e. The monoisotopic (exact) mass is 220 g/mol. The molecule has 88 valence electrons. The molecule has 1 heterocycles. The number of nitrogens with two attached hydrogens (primary N) is 1. The van der Waals surface area contributed by atoms with Crippen molar-refractivity contribution in [3.05, 3.63) is 29.8 Å². The second-order valence-corrected chi connectivity index (χ2v) is 4.31. The standard InChI is InChI=1S/C13H20N2O/c1-11-10-15(7-4-8-16-11)13-6-3-2-5-12(13)9-14/h2-3,5-6,11H,4,7-10,14H2,1H3. The van der Waals surface area contributed by atoms with Gasteiger partial charge in [-0.3, -0.25) is 0 Å². The van der Waals surface area contributed by atoms with Gasteiger partial charge < -0.3 is 15.4 Å². The molecule has 0 saturated carbocycles. The van der Waals surface area contributed by atoms with Crippen LogP contribution in [0.2, 0.25) is 0 Å². The van der Waals surface area contributed by atoms with Gasteiger partial charge in [0.05, 0.1) is 6.10 Å². The van der Waals surface area contributed by atoms with Crippen molar-refractivity contribution in [1.82, 2.24) is 0 Å². The zero-order valence-corrected chi connectivity index (χ0v) is 9.86. The normalized spacial score (nSPS) is 21.9. The van der Waals surface area contributed by atoms with Crippen LogP contribution in [0.15, 0.2) is 24.3 Å². The van der Waals surface area contributed by atoms with Crippen molar-refractivity contribution in [2.75, 3.05) is 24.6 Å². The van der Waals surface area contributed by atoms with E-state index in [1.807, 2.05) is 6.07 Å². The number of anilines is 1. The van der Waals surface area contributed by atoms with Crippen LogP contribution in [0.1, 0.15) is 18.9 Å². The number of ether oxygens (including phenoxy) is 1. The van der Waals surface area contributed by atoms with Gasteiger partial charge in [0, 0.05) is 31.9 Å². The molecular formula is C13H20N2O. The van der Waals surface area contributed by atoms with E-state index in [0.717, 1.165) is 26.1 Å². The Kier molecular flexibility index (Phi) is 3.80. The summed E-state index contributed by atoms with van der Waals surface area (Å²) in [6.45, 7) is 5.60.